The number of carbonyl (C=O) groups excluding carboxylic acids is 1. The molecule has 1 aliphatic rings. The quantitative estimate of drug-likeness (QED) is 0.520. The fourth-order valence-corrected chi connectivity index (χ4v) is 3.87. The number of aromatic nitrogens is 2. The van der Waals surface area contributed by atoms with Gasteiger partial charge in [-0.2, -0.15) is 0 Å². The Labute approximate surface area is 162 Å². The first-order valence-corrected chi connectivity index (χ1v) is 10.1. The van der Waals surface area contributed by atoms with E-state index in [1.54, 1.807) is 12.1 Å². The van der Waals surface area contributed by atoms with Gasteiger partial charge in [-0.1, -0.05) is 35.9 Å². The van der Waals surface area contributed by atoms with Crippen molar-refractivity contribution in [3.8, 4) is 0 Å². The molecule has 1 aromatic heterocycles. The van der Waals surface area contributed by atoms with Crippen molar-refractivity contribution in [3.05, 3.63) is 45.7 Å². The summed E-state index contributed by atoms with van der Waals surface area (Å²) in [4.78, 5) is 34.0. The highest BCUT2D eigenvalue weighted by atomic mass is 32.2. The number of nitrogen functional groups attached to an aromatic ring is 1. The van der Waals surface area contributed by atoms with Crippen LogP contribution in [0.1, 0.15) is 35.2 Å². The number of nitrogens with one attached hydrogen (secondary N) is 2. The molecule has 1 fully saturated rings. The summed E-state index contributed by atoms with van der Waals surface area (Å²) in [5.41, 5.74) is 6.97. The van der Waals surface area contributed by atoms with Gasteiger partial charge in [0.1, 0.15) is 5.69 Å². The Morgan fingerprint density at radius 3 is 2.63 bits per heavy atom. The third kappa shape index (κ3) is 5.33. The first-order valence-electron chi connectivity index (χ1n) is 9.16. The van der Waals surface area contributed by atoms with Gasteiger partial charge in [0.25, 0.3) is 11.5 Å². The number of rotatable bonds is 6. The molecule has 144 valence electrons. The Kier molecular flexibility index (Phi) is 6.52. The molecule has 4 N–H and O–H groups in total. The topological polar surface area (TPSA) is 104 Å². The number of piperidine rings is 1. The van der Waals surface area contributed by atoms with Crippen LogP contribution in [0.4, 0.5) is 11.5 Å². The molecule has 0 atom stereocenters. The maximum absolute atomic E-state index is 12.3. The predicted molar refractivity (Wildman–Crippen MR) is 109 cm³/mol. The minimum absolute atomic E-state index is 0.0130. The number of amides is 1. The first kappa shape index (κ1) is 19.4. The molecule has 3 rings (SSSR count). The number of anilines is 2. The number of carbonyl (C=O) groups is 1. The number of likely N-dealkylation sites (tertiary alicyclic amines) is 1. The van der Waals surface area contributed by atoms with Crippen molar-refractivity contribution in [2.24, 2.45) is 0 Å². The summed E-state index contributed by atoms with van der Waals surface area (Å²) in [7, 11) is 0. The summed E-state index contributed by atoms with van der Waals surface area (Å²) < 4.78 is 0. The van der Waals surface area contributed by atoms with E-state index in [0.29, 0.717) is 10.7 Å². The Morgan fingerprint density at radius 2 is 1.96 bits per heavy atom. The number of thioether (sulfide) groups is 1. The minimum atomic E-state index is -0.441. The number of nitrogens with two attached hydrogens (primary N) is 1. The lowest BCUT2D eigenvalue weighted by Gasteiger charge is -2.25. The SMILES string of the molecule is Cc1ccc(C(=O)Nc2c(N)nc(SCCN3CCCCC3)[nH]c2=O)cc1. The molecule has 7 nitrogen and oxygen atoms in total. The van der Waals surface area contributed by atoms with Crippen molar-refractivity contribution < 1.29 is 4.79 Å². The van der Waals surface area contributed by atoms with Crippen molar-refractivity contribution >= 4 is 29.2 Å². The normalized spacial score (nSPS) is 14.9. The lowest BCUT2D eigenvalue weighted by atomic mass is 10.1. The molecule has 0 radical (unpaired) electrons. The van der Waals surface area contributed by atoms with E-state index in [-0.39, 0.29) is 17.4 Å². The predicted octanol–water partition coefficient (Wildman–Crippen LogP) is 2.49. The number of nitrogens with zero attached hydrogens (tertiary/aromatic N) is 2. The summed E-state index contributed by atoms with van der Waals surface area (Å²) in [6, 6.07) is 7.08. The number of hydrogen-bond acceptors (Lipinski definition) is 6. The summed E-state index contributed by atoms with van der Waals surface area (Å²) in [5.74, 6) is 0.469. The lowest BCUT2D eigenvalue weighted by molar-refractivity contribution is 0.102. The summed E-state index contributed by atoms with van der Waals surface area (Å²) in [6.07, 6.45) is 3.81. The Bertz CT molecular complexity index is 844. The molecule has 1 saturated heterocycles. The zero-order valence-electron chi connectivity index (χ0n) is 15.5. The number of aromatic amines is 1. The van der Waals surface area contributed by atoms with Crippen LogP contribution < -0.4 is 16.6 Å². The van der Waals surface area contributed by atoms with E-state index in [1.807, 2.05) is 19.1 Å². The molecular formula is C19H25N5O2S. The van der Waals surface area contributed by atoms with E-state index >= 15 is 0 Å². The van der Waals surface area contributed by atoms with Gasteiger partial charge in [-0.05, 0) is 45.0 Å². The minimum Gasteiger partial charge on any atom is -0.382 e. The molecule has 0 saturated carbocycles. The van der Waals surface area contributed by atoms with Crippen LogP contribution in [0.3, 0.4) is 0 Å². The van der Waals surface area contributed by atoms with E-state index in [2.05, 4.69) is 20.2 Å². The number of aryl methyl sites for hydroxylation is 1. The lowest BCUT2D eigenvalue weighted by Crippen LogP contribution is -2.31. The molecule has 1 amide bonds. The van der Waals surface area contributed by atoms with Gasteiger partial charge in [-0.3, -0.25) is 14.6 Å². The van der Waals surface area contributed by atoms with Crippen molar-refractivity contribution in [1.29, 1.82) is 0 Å². The van der Waals surface area contributed by atoms with Gasteiger partial charge >= 0.3 is 0 Å². The van der Waals surface area contributed by atoms with E-state index in [0.717, 1.165) is 31.0 Å². The van der Waals surface area contributed by atoms with Crippen LogP contribution in [0, 0.1) is 6.92 Å². The van der Waals surface area contributed by atoms with Crippen LogP contribution in [0.2, 0.25) is 0 Å². The second kappa shape index (κ2) is 9.05. The molecule has 1 aromatic carbocycles. The van der Waals surface area contributed by atoms with Crippen LogP contribution in [-0.4, -0.2) is 46.2 Å². The van der Waals surface area contributed by atoms with Crippen LogP contribution in [0.25, 0.3) is 0 Å². The van der Waals surface area contributed by atoms with Gasteiger partial charge in [0.15, 0.2) is 11.0 Å². The summed E-state index contributed by atoms with van der Waals surface area (Å²) in [6.45, 7) is 5.17. The van der Waals surface area contributed by atoms with Crippen LogP contribution in [0.5, 0.6) is 0 Å². The van der Waals surface area contributed by atoms with Gasteiger partial charge < -0.3 is 16.0 Å². The average molecular weight is 388 g/mol. The highest BCUT2D eigenvalue weighted by Gasteiger charge is 2.15. The van der Waals surface area contributed by atoms with Gasteiger partial charge in [-0.25, -0.2) is 4.98 Å². The van der Waals surface area contributed by atoms with Gasteiger partial charge in [0, 0.05) is 17.9 Å². The maximum Gasteiger partial charge on any atom is 0.277 e. The van der Waals surface area contributed by atoms with Crippen molar-refractivity contribution in [1.82, 2.24) is 14.9 Å². The smallest absolute Gasteiger partial charge is 0.277 e. The number of benzene rings is 1. The molecule has 0 aliphatic carbocycles. The fraction of sp³-hybridized carbons (Fsp3) is 0.421. The highest BCUT2D eigenvalue weighted by molar-refractivity contribution is 7.99. The van der Waals surface area contributed by atoms with Gasteiger partial charge in [-0.15, -0.1) is 0 Å². The summed E-state index contributed by atoms with van der Waals surface area (Å²) >= 11 is 1.47. The number of hydrogen-bond donors (Lipinski definition) is 3. The third-order valence-electron chi connectivity index (χ3n) is 4.57. The second-order valence-electron chi connectivity index (χ2n) is 6.70. The molecule has 27 heavy (non-hydrogen) atoms. The zero-order valence-corrected chi connectivity index (χ0v) is 16.3. The largest absolute Gasteiger partial charge is 0.382 e. The first-order chi connectivity index (χ1) is 13.0. The monoisotopic (exact) mass is 387 g/mol. The zero-order chi connectivity index (χ0) is 19.2. The molecule has 2 aromatic rings. The Hall–Kier alpha value is -2.32. The van der Waals surface area contributed by atoms with Gasteiger partial charge in [0.05, 0.1) is 0 Å². The Balaban J connectivity index is 1.61. The molecule has 1 aliphatic heterocycles. The average Bonchev–Trinajstić information content (AvgIpc) is 2.66. The highest BCUT2D eigenvalue weighted by Crippen LogP contribution is 2.18. The molecular weight excluding hydrogens is 362 g/mol. The van der Waals surface area contributed by atoms with Crippen molar-refractivity contribution in [3.63, 3.8) is 0 Å². The van der Waals surface area contributed by atoms with E-state index < -0.39 is 5.56 Å². The second-order valence-corrected chi connectivity index (χ2v) is 7.79. The fourth-order valence-electron chi connectivity index (χ4n) is 3.00. The van der Waals surface area contributed by atoms with Crippen molar-refractivity contribution in [2.75, 3.05) is 36.4 Å². The van der Waals surface area contributed by atoms with Crippen molar-refractivity contribution in [2.45, 2.75) is 31.3 Å². The third-order valence-corrected chi connectivity index (χ3v) is 5.43. The van der Waals surface area contributed by atoms with Crippen LogP contribution >= 0.6 is 11.8 Å². The van der Waals surface area contributed by atoms with Gasteiger partial charge in [0.2, 0.25) is 0 Å². The molecule has 0 spiro atoms. The number of H-pyrrole nitrogens is 1. The van der Waals surface area contributed by atoms with E-state index in [9.17, 15) is 9.59 Å². The summed E-state index contributed by atoms with van der Waals surface area (Å²) in [5, 5.41) is 3.04. The molecule has 2 heterocycles. The van der Waals surface area contributed by atoms with E-state index in [4.69, 9.17) is 5.73 Å². The van der Waals surface area contributed by atoms with E-state index in [1.165, 1.54) is 31.0 Å². The molecule has 8 heteroatoms. The molecule has 0 unspecified atom stereocenters. The Morgan fingerprint density at radius 1 is 1.26 bits per heavy atom. The van der Waals surface area contributed by atoms with Crippen LogP contribution in [0.15, 0.2) is 34.2 Å². The molecule has 0 bridgehead atoms. The maximum atomic E-state index is 12.3. The standard InChI is InChI=1S/C19H25N5O2S/c1-13-5-7-14(8-6-13)17(25)21-15-16(20)22-19(23-18(15)26)27-12-11-24-9-3-2-4-10-24/h5-8H,2-4,9-12H2,1H3,(H,21,25)(H3,20,22,23,26). The van der Waals surface area contributed by atoms with Crippen LogP contribution in [-0.2, 0) is 0 Å².